The van der Waals surface area contributed by atoms with Crippen LogP contribution in [0, 0.1) is 11.8 Å². The highest BCUT2D eigenvalue weighted by Gasteiger charge is 2.30. The Morgan fingerprint density at radius 2 is 2.06 bits per heavy atom. The smallest absolute Gasteiger partial charge is 0.168 e. The first-order chi connectivity index (χ1) is 7.91. The van der Waals surface area contributed by atoms with Crippen LogP contribution in [-0.2, 0) is 6.42 Å². The van der Waals surface area contributed by atoms with E-state index in [-0.39, 0.29) is 11.7 Å². The molecule has 1 aromatic heterocycles. The minimum Gasteiger partial charge on any atom is -0.390 e. The summed E-state index contributed by atoms with van der Waals surface area (Å²) in [6.45, 7) is 8.40. The SMILES string of the molecule is CC1Cc2c(sc(N)c2C(=O)C(C)C)C(C)C1. The quantitative estimate of drug-likeness (QED) is 0.811. The van der Waals surface area contributed by atoms with Gasteiger partial charge in [-0.25, -0.2) is 0 Å². The number of rotatable bonds is 2. The molecular formula is C14H21NOS. The van der Waals surface area contributed by atoms with Crippen LogP contribution in [0.5, 0.6) is 0 Å². The van der Waals surface area contributed by atoms with E-state index < -0.39 is 0 Å². The van der Waals surface area contributed by atoms with E-state index in [1.807, 2.05) is 13.8 Å². The van der Waals surface area contributed by atoms with Crippen LogP contribution in [-0.4, -0.2) is 5.78 Å². The van der Waals surface area contributed by atoms with Gasteiger partial charge in [0.25, 0.3) is 0 Å². The summed E-state index contributed by atoms with van der Waals surface area (Å²) >= 11 is 1.63. The molecule has 0 aliphatic heterocycles. The Hall–Kier alpha value is -0.830. The van der Waals surface area contributed by atoms with Crippen LogP contribution in [0.2, 0.25) is 0 Å². The molecule has 17 heavy (non-hydrogen) atoms. The highest BCUT2D eigenvalue weighted by atomic mass is 32.1. The molecule has 1 aliphatic rings. The van der Waals surface area contributed by atoms with Gasteiger partial charge in [-0.3, -0.25) is 4.79 Å². The van der Waals surface area contributed by atoms with E-state index in [0.717, 1.165) is 17.0 Å². The molecule has 1 aromatic rings. The van der Waals surface area contributed by atoms with E-state index in [9.17, 15) is 4.79 Å². The Bertz CT molecular complexity index is 447. The van der Waals surface area contributed by atoms with Crippen molar-refractivity contribution < 1.29 is 4.79 Å². The van der Waals surface area contributed by atoms with Crippen molar-refractivity contribution in [2.75, 3.05) is 5.73 Å². The Labute approximate surface area is 107 Å². The zero-order chi connectivity index (χ0) is 12.7. The van der Waals surface area contributed by atoms with Crippen molar-refractivity contribution in [3.63, 3.8) is 0 Å². The summed E-state index contributed by atoms with van der Waals surface area (Å²) in [6, 6.07) is 0. The van der Waals surface area contributed by atoms with E-state index in [0.29, 0.717) is 11.8 Å². The molecule has 1 heterocycles. The summed E-state index contributed by atoms with van der Waals surface area (Å²) in [5.41, 5.74) is 8.14. The number of hydrogen-bond donors (Lipinski definition) is 1. The lowest BCUT2D eigenvalue weighted by Gasteiger charge is -2.25. The molecule has 0 spiro atoms. The minimum absolute atomic E-state index is 0.0311. The fraction of sp³-hybridized carbons (Fsp3) is 0.643. The van der Waals surface area contributed by atoms with Gasteiger partial charge in [0.15, 0.2) is 5.78 Å². The molecule has 0 amide bonds. The first kappa shape index (κ1) is 12.6. The standard InChI is InChI=1S/C14H21NOS/c1-7(2)12(16)11-10-6-8(3)5-9(4)13(10)17-14(11)15/h7-9H,5-6,15H2,1-4H3. The average molecular weight is 251 g/mol. The number of Topliss-reactive ketones (excluding diaryl/α,β-unsaturated/α-hetero) is 1. The first-order valence-corrected chi connectivity index (χ1v) is 7.18. The predicted octanol–water partition coefficient (Wildman–Crippen LogP) is 3.85. The highest BCUT2D eigenvalue weighted by molar-refractivity contribution is 7.16. The topological polar surface area (TPSA) is 43.1 Å². The number of thiophene rings is 1. The summed E-state index contributed by atoms with van der Waals surface area (Å²) in [5.74, 6) is 1.45. The molecule has 0 aromatic carbocycles. The summed E-state index contributed by atoms with van der Waals surface area (Å²) in [5, 5.41) is 0.731. The third-order valence-electron chi connectivity index (χ3n) is 3.59. The van der Waals surface area contributed by atoms with Crippen LogP contribution in [0.4, 0.5) is 5.00 Å². The highest BCUT2D eigenvalue weighted by Crippen LogP contribution is 2.44. The van der Waals surface area contributed by atoms with Crippen molar-refractivity contribution in [3.05, 3.63) is 16.0 Å². The molecule has 1 aliphatic carbocycles. The van der Waals surface area contributed by atoms with Crippen molar-refractivity contribution in [2.45, 2.75) is 46.5 Å². The molecular weight excluding hydrogens is 230 g/mol. The Balaban J connectivity index is 2.51. The molecule has 2 atom stereocenters. The first-order valence-electron chi connectivity index (χ1n) is 6.37. The summed E-state index contributed by atoms with van der Waals surface area (Å²) in [4.78, 5) is 13.6. The number of ketones is 1. The van der Waals surface area contributed by atoms with E-state index in [1.165, 1.54) is 16.9 Å². The maximum Gasteiger partial charge on any atom is 0.168 e. The number of hydrogen-bond acceptors (Lipinski definition) is 3. The van der Waals surface area contributed by atoms with Gasteiger partial charge in [0, 0.05) is 10.8 Å². The molecule has 0 bridgehead atoms. The average Bonchev–Trinajstić information content (AvgIpc) is 2.54. The van der Waals surface area contributed by atoms with E-state index in [4.69, 9.17) is 5.73 Å². The van der Waals surface area contributed by atoms with Crippen molar-refractivity contribution in [3.8, 4) is 0 Å². The van der Waals surface area contributed by atoms with Crippen molar-refractivity contribution in [1.29, 1.82) is 0 Å². The lowest BCUT2D eigenvalue weighted by molar-refractivity contribution is 0.0939. The number of nitrogen functional groups attached to an aromatic ring is 1. The zero-order valence-electron chi connectivity index (χ0n) is 11.0. The molecule has 2 nitrogen and oxygen atoms in total. The van der Waals surface area contributed by atoms with Crippen LogP contribution >= 0.6 is 11.3 Å². The van der Waals surface area contributed by atoms with Gasteiger partial charge in [0.2, 0.25) is 0 Å². The van der Waals surface area contributed by atoms with Gasteiger partial charge in [-0.1, -0.05) is 27.7 Å². The molecule has 0 saturated carbocycles. The molecule has 2 unspecified atom stereocenters. The second kappa shape index (κ2) is 4.45. The number of fused-ring (bicyclic) bond motifs is 1. The van der Waals surface area contributed by atoms with Gasteiger partial charge in [0.1, 0.15) is 0 Å². The van der Waals surface area contributed by atoms with Crippen LogP contribution in [0.1, 0.15) is 60.8 Å². The molecule has 0 fully saturated rings. The summed E-state index contributed by atoms with van der Waals surface area (Å²) in [7, 11) is 0. The van der Waals surface area contributed by atoms with Gasteiger partial charge < -0.3 is 5.73 Å². The molecule has 0 radical (unpaired) electrons. The van der Waals surface area contributed by atoms with Gasteiger partial charge in [-0.15, -0.1) is 11.3 Å². The van der Waals surface area contributed by atoms with Crippen LogP contribution in [0.3, 0.4) is 0 Å². The normalized spacial score (nSPS) is 23.8. The van der Waals surface area contributed by atoms with Crippen LogP contribution in [0.15, 0.2) is 0 Å². The van der Waals surface area contributed by atoms with Gasteiger partial charge in [-0.2, -0.15) is 0 Å². The second-order valence-electron chi connectivity index (χ2n) is 5.65. The fourth-order valence-corrected chi connectivity index (χ4v) is 3.97. The van der Waals surface area contributed by atoms with Gasteiger partial charge in [0.05, 0.1) is 10.6 Å². The third-order valence-corrected chi connectivity index (χ3v) is 4.89. The van der Waals surface area contributed by atoms with E-state index >= 15 is 0 Å². The second-order valence-corrected chi connectivity index (χ2v) is 6.73. The molecule has 2 N–H and O–H groups in total. The lowest BCUT2D eigenvalue weighted by Crippen LogP contribution is -2.17. The predicted molar refractivity (Wildman–Crippen MR) is 73.8 cm³/mol. The maximum atomic E-state index is 12.2. The Morgan fingerprint density at radius 3 is 2.65 bits per heavy atom. The molecule has 3 heteroatoms. The maximum absolute atomic E-state index is 12.2. The lowest BCUT2D eigenvalue weighted by atomic mass is 9.80. The van der Waals surface area contributed by atoms with Gasteiger partial charge in [-0.05, 0) is 30.2 Å². The van der Waals surface area contributed by atoms with E-state index in [2.05, 4.69) is 13.8 Å². The van der Waals surface area contributed by atoms with Gasteiger partial charge >= 0.3 is 0 Å². The van der Waals surface area contributed by atoms with Crippen molar-refractivity contribution >= 4 is 22.1 Å². The largest absolute Gasteiger partial charge is 0.390 e. The summed E-state index contributed by atoms with van der Waals surface area (Å²) < 4.78 is 0. The molecule has 0 saturated heterocycles. The monoisotopic (exact) mass is 251 g/mol. The van der Waals surface area contributed by atoms with Crippen LogP contribution in [0.25, 0.3) is 0 Å². The molecule has 2 rings (SSSR count). The minimum atomic E-state index is 0.0311. The Morgan fingerprint density at radius 1 is 1.41 bits per heavy atom. The van der Waals surface area contributed by atoms with Crippen LogP contribution < -0.4 is 5.73 Å². The number of nitrogens with two attached hydrogens (primary N) is 1. The number of anilines is 1. The summed E-state index contributed by atoms with van der Waals surface area (Å²) in [6.07, 6.45) is 2.23. The molecule has 94 valence electrons. The number of carbonyl (C=O) groups excluding carboxylic acids is 1. The number of carbonyl (C=O) groups is 1. The third kappa shape index (κ3) is 2.13. The Kier molecular flexibility index (Phi) is 3.30. The fourth-order valence-electron chi connectivity index (χ4n) is 2.80. The van der Waals surface area contributed by atoms with Crippen molar-refractivity contribution in [2.24, 2.45) is 11.8 Å². The van der Waals surface area contributed by atoms with E-state index in [1.54, 1.807) is 11.3 Å². The zero-order valence-corrected chi connectivity index (χ0v) is 11.9. The van der Waals surface area contributed by atoms with Crippen molar-refractivity contribution in [1.82, 2.24) is 0 Å².